The van der Waals surface area contributed by atoms with E-state index in [0.29, 0.717) is 30.6 Å². The monoisotopic (exact) mass is 257 g/mol. The number of hydrogen-bond donors (Lipinski definition) is 1. The fourth-order valence-electron chi connectivity index (χ4n) is 2.19. The van der Waals surface area contributed by atoms with Crippen molar-refractivity contribution in [2.45, 2.75) is 26.8 Å². The number of nitrogen functional groups attached to an aromatic ring is 1. The number of benzene rings is 1. The van der Waals surface area contributed by atoms with E-state index in [1.54, 1.807) is 6.92 Å². The maximum Gasteiger partial charge on any atom is 0.223 e. The lowest BCUT2D eigenvalue weighted by Crippen LogP contribution is -2.06. The molecule has 0 saturated heterocycles. The molecule has 3 aromatic rings. The van der Waals surface area contributed by atoms with E-state index in [4.69, 9.17) is 10.3 Å². The standard InChI is InChI=1S/C13H15N5O/c1-8-4-3-5-10-12(8)16-13(14)18(10)7-6-11-15-9(2)19-17-11/h3-5H,6-7H2,1-2H3,(H2,14,16). The number of para-hydroxylation sites is 1. The minimum Gasteiger partial charge on any atom is -0.369 e. The summed E-state index contributed by atoms with van der Waals surface area (Å²) in [6.07, 6.45) is 0.668. The van der Waals surface area contributed by atoms with Crippen molar-refractivity contribution in [3.05, 3.63) is 35.5 Å². The van der Waals surface area contributed by atoms with Crippen LogP contribution in [0.15, 0.2) is 22.7 Å². The van der Waals surface area contributed by atoms with Crippen LogP contribution in [0, 0.1) is 13.8 Å². The van der Waals surface area contributed by atoms with Gasteiger partial charge in [-0.3, -0.25) is 0 Å². The normalized spacial score (nSPS) is 11.3. The predicted octanol–water partition coefficient (Wildman–Crippen LogP) is 1.86. The van der Waals surface area contributed by atoms with Gasteiger partial charge in [-0.05, 0) is 18.6 Å². The summed E-state index contributed by atoms with van der Waals surface area (Å²) >= 11 is 0. The predicted molar refractivity (Wildman–Crippen MR) is 71.6 cm³/mol. The van der Waals surface area contributed by atoms with Gasteiger partial charge in [0.2, 0.25) is 11.8 Å². The zero-order valence-electron chi connectivity index (χ0n) is 10.9. The van der Waals surface area contributed by atoms with E-state index in [-0.39, 0.29) is 0 Å². The Kier molecular flexibility index (Phi) is 2.70. The highest BCUT2D eigenvalue weighted by Gasteiger charge is 2.10. The van der Waals surface area contributed by atoms with Crippen molar-refractivity contribution in [1.29, 1.82) is 0 Å². The molecule has 0 spiro atoms. The van der Waals surface area contributed by atoms with Crippen LogP contribution in [0.3, 0.4) is 0 Å². The maximum atomic E-state index is 5.98. The fraction of sp³-hybridized carbons (Fsp3) is 0.308. The molecule has 19 heavy (non-hydrogen) atoms. The van der Waals surface area contributed by atoms with Crippen molar-refractivity contribution in [3.63, 3.8) is 0 Å². The van der Waals surface area contributed by atoms with E-state index in [0.717, 1.165) is 16.6 Å². The topological polar surface area (TPSA) is 82.8 Å². The van der Waals surface area contributed by atoms with Gasteiger partial charge in [0.15, 0.2) is 5.82 Å². The van der Waals surface area contributed by atoms with Crippen LogP contribution in [0.2, 0.25) is 0 Å². The number of nitrogens with zero attached hydrogens (tertiary/aromatic N) is 4. The van der Waals surface area contributed by atoms with Crippen molar-refractivity contribution in [2.24, 2.45) is 0 Å². The summed E-state index contributed by atoms with van der Waals surface area (Å²) in [4.78, 5) is 8.59. The molecule has 0 bridgehead atoms. The van der Waals surface area contributed by atoms with Gasteiger partial charge in [0.25, 0.3) is 0 Å². The third-order valence-corrected chi connectivity index (χ3v) is 3.14. The zero-order chi connectivity index (χ0) is 13.4. The highest BCUT2D eigenvalue weighted by molar-refractivity contribution is 5.81. The van der Waals surface area contributed by atoms with E-state index in [9.17, 15) is 0 Å². The van der Waals surface area contributed by atoms with Gasteiger partial charge >= 0.3 is 0 Å². The summed E-state index contributed by atoms with van der Waals surface area (Å²) in [5.41, 5.74) is 9.09. The molecule has 0 aliphatic rings. The number of aromatic nitrogens is 4. The van der Waals surface area contributed by atoms with Gasteiger partial charge in [-0.25, -0.2) is 4.98 Å². The van der Waals surface area contributed by atoms with Crippen LogP contribution < -0.4 is 5.73 Å². The first kappa shape index (κ1) is 11.7. The highest BCUT2D eigenvalue weighted by atomic mass is 16.5. The molecular weight excluding hydrogens is 242 g/mol. The average Bonchev–Trinajstić information content (AvgIpc) is 2.92. The smallest absolute Gasteiger partial charge is 0.223 e. The van der Waals surface area contributed by atoms with E-state index >= 15 is 0 Å². The molecule has 0 saturated carbocycles. The number of hydrogen-bond acceptors (Lipinski definition) is 5. The van der Waals surface area contributed by atoms with Gasteiger partial charge in [-0.2, -0.15) is 4.98 Å². The molecule has 2 N–H and O–H groups in total. The summed E-state index contributed by atoms with van der Waals surface area (Å²) in [6, 6.07) is 6.06. The van der Waals surface area contributed by atoms with E-state index in [1.165, 1.54) is 0 Å². The van der Waals surface area contributed by atoms with Crippen molar-refractivity contribution in [2.75, 3.05) is 5.73 Å². The van der Waals surface area contributed by atoms with Crippen molar-refractivity contribution in [3.8, 4) is 0 Å². The van der Waals surface area contributed by atoms with Gasteiger partial charge in [-0.15, -0.1) is 0 Å². The maximum absolute atomic E-state index is 5.98. The molecule has 98 valence electrons. The zero-order valence-corrected chi connectivity index (χ0v) is 10.9. The Morgan fingerprint density at radius 2 is 2.11 bits per heavy atom. The number of anilines is 1. The molecule has 3 rings (SSSR count). The quantitative estimate of drug-likeness (QED) is 0.774. The molecule has 6 nitrogen and oxygen atoms in total. The molecule has 0 amide bonds. The molecule has 2 aromatic heterocycles. The number of rotatable bonds is 3. The fourth-order valence-corrected chi connectivity index (χ4v) is 2.19. The van der Waals surface area contributed by atoms with Gasteiger partial charge < -0.3 is 14.8 Å². The van der Waals surface area contributed by atoms with E-state index in [1.807, 2.05) is 29.7 Å². The summed E-state index contributed by atoms with van der Waals surface area (Å²) < 4.78 is 6.93. The minimum atomic E-state index is 0.518. The lowest BCUT2D eigenvalue weighted by atomic mass is 10.2. The molecule has 2 heterocycles. The summed E-state index contributed by atoms with van der Waals surface area (Å²) in [7, 11) is 0. The van der Waals surface area contributed by atoms with Crippen LogP contribution in [0.5, 0.6) is 0 Å². The Balaban J connectivity index is 1.92. The van der Waals surface area contributed by atoms with Gasteiger partial charge in [-0.1, -0.05) is 17.3 Å². The van der Waals surface area contributed by atoms with Crippen LogP contribution in [0.25, 0.3) is 11.0 Å². The number of imidazole rings is 1. The van der Waals surface area contributed by atoms with Gasteiger partial charge in [0, 0.05) is 19.9 Å². The highest BCUT2D eigenvalue weighted by Crippen LogP contribution is 2.21. The Labute approximate surface area is 110 Å². The van der Waals surface area contributed by atoms with Crippen LogP contribution in [-0.4, -0.2) is 19.7 Å². The Hall–Kier alpha value is -2.37. The minimum absolute atomic E-state index is 0.518. The van der Waals surface area contributed by atoms with Crippen LogP contribution in [0.4, 0.5) is 5.95 Å². The van der Waals surface area contributed by atoms with Crippen molar-refractivity contribution in [1.82, 2.24) is 19.7 Å². The second-order valence-electron chi connectivity index (χ2n) is 4.54. The Morgan fingerprint density at radius 3 is 2.84 bits per heavy atom. The molecule has 0 aliphatic carbocycles. The van der Waals surface area contributed by atoms with Crippen LogP contribution >= 0.6 is 0 Å². The summed E-state index contributed by atoms with van der Waals surface area (Å²) in [5.74, 6) is 1.78. The molecule has 0 radical (unpaired) electrons. The molecule has 0 atom stereocenters. The lowest BCUT2D eigenvalue weighted by Gasteiger charge is -2.04. The number of nitrogens with two attached hydrogens (primary N) is 1. The van der Waals surface area contributed by atoms with E-state index in [2.05, 4.69) is 15.1 Å². The molecule has 0 unspecified atom stereocenters. The van der Waals surface area contributed by atoms with Crippen LogP contribution in [-0.2, 0) is 13.0 Å². The number of aryl methyl sites for hydroxylation is 4. The molecular formula is C13H15N5O. The first-order valence-corrected chi connectivity index (χ1v) is 6.15. The molecule has 0 fully saturated rings. The summed E-state index contributed by atoms with van der Waals surface area (Å²) in [5, 5.41) is 3.88. The first-order valence-electron chi connectivity index (χ1n) is 6.15. The number of fused-ring (bicyclic) bond motifs is 1. The van der Waals surface area contributed by atoms with Crippen LogP contribution in [0.1, 0.15) is 17.3 Å². The van der Waals surface area contributed by atoms with Gasteiger partial charge in [0.1, 0.15) is 0 Å². The van der Waals surface area contributed by atoms with Crippen molar-refractivity contribution >= 4 is 17.0 Å². The molecule has 1 aromatic carbocycles. The van der Waals surface area contributed by atoms with E-state index < -0.39 is 0 Å². The Morgan fingerprint density at radius 1 is 1.26 bits per heavy atom. The summed E-state index contributed by atoms with van der Waals surface area (Å²) in [6.45, 7) is 4.49. The largest absolute Gasteiger partial charge is 0.369 e. The Bertz CT molecular complexity index is 728. The lowest BCUT2D eigenvalue weighted by molar-refractivity contribution is 0.386. The first-order chi connectivity index (χ1) is 9.15. The van der Waals surface area contributed by atoms with Crippen molar-refractivity contribution < 1.29 is 4.52 Å². The third-order valence-electron chi connectivity index (χ3n) is 3.14. The molecule has 6 heteroatoms. The molecule has 0 aliphatic heterocycles. The SMILES string of the molecule is Cc1nc(CCn2c(N)nc3c(C)cccc32)no1. The second kappa shape index (κ2) is 4.38. The third kappa shape index (κ3) is 2.05. The average molecular weight is 257 g/mol. The van der Waals surface area contributed by atoms with Gasteiger partial charge in [0.05, 0.1) is 11.0 Å². The second-order valence-corrected chi connectivity index (χ2v) is 4.54.